The fraction of sp³-hybridized carbons (Fsp3) is 0.557. The molecule has 2 aromatic carbocycles. The number of aryl methyl sites for hydroxylation is 2. The van der Waals surface area contributed by atoms with Crippen molar-refractivity contribution in [2.24, 2.45) is 11.5 Å². The summed E-state index contributed by atoms with van der Waals surface area (Å²) in [6, 6.07) is 11.3. The molecule has 0 aliphatic heterocycles. The molecule has 0 fully saturated rings. The average Bonchev–Trinajstić information content (AvgIpc) is 1.64. The third-order valence-corrected chi connectivity index (χ3v) is 13.1. The molecular formula is C61H92N18O16. The zero-order valence-electron chi connectivity index (χ0n) is 54.3. The number of carboxylic acid groups (broad SMARTS) is 1. The number of alkyl carbamates (subject to hydrolysis) is 1. The number of nitrogen functional groups attached to an aromatic ring is 4. The monoisotopic (exact) mass is 1330 g/mol. The Balaban J connectivity index is 0.000000283. The Morgan fingerprint density at radius 3 is 1.36 bits per heavy atom. The van der Waals surface area contributed by atoms with Crippen molar-refractivity contribution in [1.82, 2.24) is 60.1 Å². The van der Waals surface area contributed by atoms with Crippen LogP contribution in [-0.4, -0.2) is 223 Å². The number of nitrogens with two attached hydrogens (primary N) is 6. The Hall–Kier alpha value is -8.55. The summed E-state index contributed by atoms with van der Waals surface area (Å²) in [5.41, 5.74) is 40.9. The second kappa shape index (κ2) is 42.0. The number of ether oxygens (including phenoxy) is 10. The maximum atomic E-state index is 12.2. The van der Waals surface area contributed by atoms with Gasteiger partial charge in [0, 0.05) is 50.3 Å². The number of fused-ring (bicyclic) bond motifs is 4. The van der Waals surface area contributed by atoms with Gasteiger partial charge < -0.3 is 106 Å². The molecular weight excluding hydrogens is 1240 g/mol. The first-order valence-corrected chi connectivity index (χ1v) is 31.4. The molecule has 15 N–H and O–H groups in total. The molecule has 6 aromatic heterocycles. The van der Waals surface area contributed by atoms with E-state index in [0.717, 1.165) is 42.2 Å². The van der Waals surface area contributed by atoms with E-state index in [2.05, 4.69) is 40.5 Å². The van der Waals surface area contributed by atoms with E-state index in [1.54, 1.807) is 26.8 Å². The topological polar surface area (TPSA) is 483 Å². The molecule has 0 aliphatic carbocycles. The molecule has 0 unspecified atom stereocenters. The number of carbonyl (C=O) groups is 3. The largest absolute Gasteiger partial charge is 0.481 e. The van der Waals surface area contributed by atoms with Crippen LogP contribution in [0, 0.1) is 0 Å². The molecule has 0 aliphatic rings. The molecule has 0 atom stereocenters. The van der Waals surface area contributed by atoms with E-state index in [1.807, 2.05) is 39.7 Å². The van der Waals surface area contributed by atoms with Gasteiger partial charge in [-0.3, -0.25) is 9.59 Å². The molecule has 34 heteroatoms. The van der Waals surface area contributed by atoms with Crippen molar-refractivity contribution < 1.29 is 75.7 Å². The smallest absolute Gasteiger partial charge is 0.407 e. The van der Waals surface area contributed by atoms with Crippen molar-refractivity contribution in [3.63, 3.8) is 0 Å². The Kier molecular flexibility index (Phi) is 33.4. The van der Waals surface area contributed by atoms with Crippen molar-refractivity contribution in [3.05, 3.63) is 49.1 Å². The van der Waals surface area contributed by atoms with Gasteiger partial charge >= 0.3 is 12.1 Å². The fourth-order valence-corrected chi connectivity index (χ4v) is 8.76. The fourth-order valence-electron chi connectivity index (χ4n) is 8.76. The van der Waals surface area contributed by atoms with Gasteiger partial charge in [0.25, 0.3) is 12.0 Å². The molecule has 522 valence electrons. The maximum absolute atomic E-state index is 12.2. The van der Waals surface area contributed by atoms with Crippen molar-refractivity contribution in [2.75, 3.05) is 168 Å². The number of benzene rings is 2. The lowest BCUT2D eigenvalue weighted by Gasteiger charge is -2.19. The number of rotatable bonds is 43. The van der Waals surface area contributed by atoms with Crippen LogP contribution in [0.15, 0.2) is 57.9 Å². The highest BCUT2D eigenvalue weighted by Crippen LogP contribution is 2.34. The van der Waals surface area contributed by atoms with E-state index in [-0.39, 0.29) is 44.0 Å². The van der Waals surface area contributed by atoms with Crippen molar-refractivity contribution in [3.8, 4) is 22.5 Å². The number of carboxylic acids is 1. The Morgan fingerprint density at radius 1 is 0.505 bits per heavy atom. The first kappa shape index (κ1) is 75.5. The van der Waals surface area contributed by atoms with Crippen LogP contribution in [0.4, 0.5) is 28.5 Å². The van der Waals surface area contributed by atoms with Gasteiger partial charge in [-0.1, -0.05) is 0 Å². The number of aromatic nitrogens is 10. The van der Waals surface area contributed by atoms with Crippen LogP contribution in [-0.2, 0) is 70.0 Å². The van der Waals surface area contributed by atoms with E-state index in [0.29, 0.717) is 207 Å². The number of aliphatic carboxylic acids is 1. The van der Waals surface area contributed by atoms with Gasteiger partial charge in [-0.05, 0) is 89.4 Å². The molecule has 34 nitrogen and oxygen atoms in total. The van der Waals surface area contributed by atoms with E-state index >= 15 is 0 Å². The van der Waals surface area contributed by atoms with Crippen LogP contribution < -0.4 is 45.0 Å². The van der Waals surface area contributed by atoms with E-state index in [9.17, 15) is 14.4 Å². The SMILES string of the molecule is CC(C)(C)OC(=O)NCCOCCC(=O)O.NCCCCn1nc(-c2ccc3oc(N)nc3c2)c2c(N)ncnc21.NCCOCCOCCOCCOCCOCCOCCOCCOCCC(=O)NCCCCn1nc(-c2ccc3oc(N)nc3c2)c2c(N)ncnc21. The van der Waals surface area contributed by atoms with E-state index < -0.39 is 17.7 Å². The minimum Gasteiger partial charge on any atom is -0.481 e. The summed E-state index contributed by atoms with van der Waals surface area (Å²) in [5.74, 6) is -0.239. The van der Waals surface area contributed by atoms with E-state index in [4.69, 9.17) is 106 Å². The number of hydrogen-bond acceptors (Lipinski definition) is 29. The van der Waals surface area contributed by atoms with Gasteiger partial charge in [0.2, 0.25) is 5.91 Å². The first-order chi connectivity index (χ1) is 46.0. The molecule has 6 heterocycles. The summed E-state index contributed by atoms with van der Waals surface area (Å²) in [7, 11) is 0. The Bertz CT molecular complexity index is 3540. The lowest BCUT2D eigenvalue weighted by atomic mass is 10.1. The Morgan fingerprint density at radius 2 is 0.926 bits per heavy atom. The summed E-state index contributed by atoms with van der Waals surface area (Å²) in [6.07, 6.45) is 5.95. The van der Waals surface area contributed by atoms with Crippen LogP contribution in [0.5, 0.6) is 0 Å². The predicted molar refractivity (Wildman–Crippen MR) is 352 cm³/mol. The minimum absolute atomic E-state index is 0.0353. The zero-order chi connectivity index (χ0) is 68.1. The highest BCUT2D eigenvalue weighted by molar-refractivity contribution is 6.00. The van der Waals surface area contributed by atoms with Gasteiger partial charge in [-0.2, -0.15) is 20.2 Å². The molecule has 0 bridgehead atoms. The van der Waals surface area contributed by atoms with Gasteiger partial charge in [0.1, 0.15) is 52.3 Å². The first-order valence-electron chi connectivity index (χ1n) is 31.4. The second-order valence-corrected chi connectivity index (χ2v) is 21.7. The molecule has 8 rings (SSSR count). The highest BCUT2D eigenvalue weighted by Gasteiger charge is 2.21. The highest BCUT2D eigenvalue weighted by atomic mass is 16.6. The zero-order valence-corrected chi connectivity index (χ0v) is 54.3. The van der Waals surface area contributed by atoms with Crippen molar-refractivity contribution >= 4 is 85.9 Å². The van der Waals surface area contributed by atoms with Crippen LogP contribution in [0.25, 0.3) is 66.8 Å². The molecule has 95 heavy (non-hydrogen) atoms. The number of anilines is 4. The number of amides is 2. The minimum atomic E-state index is -0.903. The van der Waals surface area contributed by atoms with Gasteiger partial charge in [-0.25, -0.2) is 34.1 Å². The maximum Gasteiger partial charge on any atom is 0.407 e. The standard InChI is InChI=1S/C35H55N9O10.C16H18N8O.C10H19NO5/c36-6-10-47-12-14-49-16-18-51-20-22-53-24-23-52-21-19-50-17-15-48-13-11-46-9-5-30(45)39-7-1-2-8-44-34-31(33(37)40-26-41-34)32(43-44)27-3-4-29-28(25-27)42-35(38)54-29;17-5-1-2-6-24-15-12(14(18)20-8-21-15)13(23-24)9-3-4-11-10(7-9)22-16(19)25-11;1-10(2,3)16-9(14)11-5-7-15-6-4-8(12)13/h3-4,25-26H,1-2,5-24,36H2,(H2,38,42)(H,39,45)(H2,37,40,41);3-4,7-8H,1-2,5-6,17H2,(H2,19,22)(H2,18,20,21);4-7H2,1-3H3,(H,11,14)(H,12,13). The summed E-state index contributed by atoms with van der Waals surface area (Å²) in [4.78, 5) is 58.9. The van der Waals surface area contributed by atoms with Crippen LogP contribution in [0.2, 0.25) is 0 Å². The second-order valence-electron chi connectivity index (χ2n) is 21.7. The van der Waals surface area contributed by atoms with Gasteiger partial charge in [0.05, 0.1) is 136 Å². The normalized spacial score (nSPS) is 11.5. The van der Waals surface area contributed by atoms with Gasteiger partial charge in [-0.15, -0.1) is 0 Å². The average molecular weight is 1330 g/mol. The van der Waals surface area contributed by atoms with Gasteiger partial charge in [0.15, 0.2) is 22.5 Å². The molecule has 0 saturated heterocycles. The van der Waals surface area contributed by atoms with Crippen LogP contribution in [0.1, 0.15) is 59.3 Å². The summed E-state index contributed by atoms with van der Waals surface area (Å²) >= 11 is 0. The third-order valence-electron chi connectivity index (χ3n) is 13.1. The van der Waals surface area contributed by atoms with Crippen LogP contribution in [0.3, 0.4) is 0 Å². The summed E-state index contributed by atoms with van der Waals surface area (Å²) < 4.78 is 67.8. The molecule has 0 saturated carbocycles. The summed E-state index contributed by atoms with van der Waals surface area (Å²) in [6.45, 7) is 16.6. The molecule has 8 aromatic rings. The van der Waals surface area contributed by atoms with Crippen molar-refractivity contribution in [1.29, 1.82) is 0 Å². The Labute approximate surface area is 549 Å². The predicted octanol–water partition coefficient (Wildman–Crippen LogP) is 3.72. The number of hydrogen-bond donors (Lipinski definition) is 9. The number of nitrogens with one attached hydrogen (secondary N) is 2. The molecule has 0 radical (unpaired) electrons. The number of nitrogens with zero attached hydrogens (tertiary/aromatic N) is 10. The van der Waals surface area contributed by atoms with E-state index in [1.165, 1.54) is 12.7 Å². The lowest BCUT2D eigenvalue weighted by Crippen LogP contribution is -2.34. The summed E-state index contributed by atoms with van der Waals surface area (Å²) in [5, 5.41) is 24.6. The third kappa shape index (κ3) is 27.4. The van der Waals surface area contributed by atoms with Crippen LogP contribution >= 0.6 is 0 Å². The number of unbranched alkanes of at least 4 members (excludes halogenated alkanes) is 2. The molecule has 0 spiro atoms. The van der Waals surface area contributed by atoms with Crippen molar-refractivity contribution in [2.45, 2.75) is 78.0 Å². The number of carbonyl (C=O) groups excluding carboxylic acids is 2. The quantitative estimate of drug-likeness (QED) is 0.0246. The number of oxazole rings is 2. The molecule has 2 amide bonds. The lowest BCUT2D eigenvalue weighted by molar-refractivity contribution is -0.138.